The summed E-state index contributed by atoms with van der Waals surface area (Å²) in [5, 5.41) is 9.16. The molecule has 0 amide bonds. The Morgan fingerprint density at radius 3 is 2.73 bits per heavy atom. The van der Waals surface area contributed by atoms with Gasteiger partial charge in [0.05, 0.1) is 7.11 Å². The normalized spacial score (nSPS) is 10.0. The first-order chi connectivity index (χ1) is 5.24. The minimum Gasteiger partial charge on any atom is -0.508 e. The fourth-order valence-electron chi connectivity index (χ4n) is 0.776. The average molecular weight is 170 g/mol. The summed E-state index contributed by atoms with van der Waals surface area (Å²) in [6.07, 6.45) is 0. The van der Waals surface area contributed by atoms with E-state index in [0.717, 1.165) is 10.5 Å². The summed E-state index contributed by atoms with van der Waals surface area (Å²) >= 11 is 1.29. The van der Waals surface area contributed by atoms with Crippen LogP contribution in [0, 0.1) is 6.92 Å². The fraction of sp³-hybridized carbons (Fsp3) is 0.250. The van der Waals surface area contributed by atoms with Gasteiger partial charge in [-0.1, -0.05) is 0 Å². The molecule has 1 aromatic carbocycles. The number of aromatic hydroxyl groups is 1. The van der Waals surface area contributed by atoms with Crippen LogP contribution in [0.15, 0.2) is 23.1 Å². The second kappa shape index (κ2) is 3.64. The maximum absolute atomic E-state index is 9.16. The molecule has 0 heterocycles. The van der Waals surface area contributed by atoms with E-state index in [0.29, 0.717) is 5.75 Å². The Labute approximate surface area is 70.4 Å². The van der Waals surface area contributed by atoms with Gasteiger partial charge in [-0.2, -0.15) is 0 Å². The molecule has 0 unspecified atom stereocenters. The Morgan fingerprint density at radius 2 is 2.18 bits per heavy atom. The van der Waals surface area contributed by atoms with E-state index in [9.17, 15) is 0 Å². The second-order valence-corrected chi connectivity index (χ2v) is 3.17. The largest absolute Gasteiger partial charge is 0.508 e. The van der Waals surface area contributed by atoms with E-state index in [-0.39, 0.29) is 0 Å². The van der Waals surface area contributed by atoms with Crippen LogP contribution >= 0.6 is 12.0 Å². The minimum atomic E-state index is 0.324. The highest BCUT2D eigenvalue weighted by molar-refractivity contribution is 7.94. The first-order valence-electron chi connectivity index (χ1n) is 3.24. The zero-order valence-electron chi connectivity index (χ0n) is 6.50. The molecule has 0 aliphatic carbocycles. The Balaban J connectivity index is 2.86. The van der Waals surface area contributed by atoms with Crippen molar-refractivity contribution in [2.24, 2.45) is 0 Å². The third kappa shape index (κ3) is 2.13. The molecule has 1 aromatic rings. The lowest BCUT2D eigenvalue weighted by atomic mass is 10.2. The molecule has 0 aromatic heterocycles. The highest BCUT2D eigenvalue weighted by Gasteiger charge is 1.97. The Bertz CT molecular complexity index is 248. The lowest BCUT2D eigenvalue weighted by Gasteiger charge is -2.00. The summed E-state index contributed by atoms with van der Waals surface area (Å²) in [6, 6.07) is 5.36. The van der Waals surface area contributed by atoms with Gasteiger partial charge >= 0.3 is 0 Å². The van der Waals surface area contributed by atoms with E-state index in [2.05, 4.69) is 0 Å². The van der Waals surface area contributed by atoms with Crippen LogP contribution in [0.3, 0.4) is 0 Å². The maximum Gasteiger partial charge on any atom is 0.118 e. The lowest BCUT2D eigenvalue weighted by Crippen LogP contribution is -1.76. The summed E-state index contributed by atoms with van der Waals surface area (Å²) in [5.74, 6) is 0.324. The summed E-state index contributed by atoms with van der Waals surface area (Å²) < 4.78 is 4.86. The molecule has 0 bridgehead atoms. The third-order valence-corrected chi connectivity index (χ3v) is 1.96. The van der Waals surface area contributed by atoms with Gasteiger partial charge in [0.2, 0.25) is 0 Å². The Kier molecular flexibility index (Phi) is 2.79. The van der Waals surface area contributed by atoms with Crippen LogP contribution in [-0.2, 0) is 4.18 Å². The molecule has 0 atom stereocenters. The van der Waals surface area contributed by atoms with Gasteiger partial charge in [0.25, 0.3) is 0 Å². The van der Waals surface area contributed by atoms with E-state index in [1.807, 2.05) is 19.1 Å². The van der Waals surface area contributed by atoms with E-state index in [1.165, 1.54) is 12.0 Å². The predicted molar refractivity (Wildman–Crippen MR) is 45.7 cm³/mol. The van der Waals surface area contributed by atoms with E-state index in [4.69, 9.17) is 9.29 Å². The van der Waals surface area contributed by atoms with Crippen LogP contribution in [0.1, 0.15) is 5.56 Å². The number of hydrogen-bond donors (Lipinski definition) is 1. The monoisotopic (exact) mass is 170 g/mol. The summed E-state index contributed by atoms with van der Waals surface area (Å²) in [6.45, 7) is 1.86. The number of benzene rings is 1. The van der Waals surface area contributed by atoms with Gasteiger partial charge in [0, 0.05) is 16.9 Å². The van der Waals surface area contributed by atoms with Crippen LogP contribution in [-0.4, -0.2) is 12.2 Å². The van der Waals surface area contributed by atoms with E-state index >= 15 is 0 Å². The van der Waals surface area contributed by atoms with Gasteiger partial charge in [0.1, 0.15) is 5.75 Å². The molecule has 0 aliphatic heterocycles. The van der Waals surface area contributed by atoms with Crippen LogP contribution in [0.25, 0.3) is 0 Å². The Morgan fingerprint density at radius 1 is 1.45 bits per heavy atom. The van der Waals surface area contributed by atoms with Crippen molar-refractivity contribution in [3.63, 3.8) is 0 Å². The maximum atomic E-state index is 9.16. The van der Waals surface area contributed by atoms with Crippen LogP contribution in [0.4, 0.5) is 0 Å². The highest BCUT2D eigenvalue weighted by atomic mass is 32.2. The van der Waals surface area contributed by atoms with Gasteiger partial charge in [-0.15, -0.1) is 0 Å². The van der Waals surface area contributed by atoms with Crippen molar-refractivity contribution in [1.82, 2.24) is 0 Å². The molecule has 0 saturated carbocycles. The van der Waals surface area contributed by atoms with Crippen molar-refractivity contribution in [3.8, 4) is 5.75 Å². The summed E-state index contributed by atoms with van der Waals surface area (Å²) in [5.41, 5.74) is 0.868. The van der Waals surface area contributed by atoms with Gasteiger partial charge < -0.3 is 9.29 Å². The van der Waals surface area contributed by atoms with E-state index in [1.54, 1.807) is 13.2 Å². The van der Waals surface area contributed by atoms with Crippen molar-refractivity contribution in [2.45, 2.75) is 11.8 Å². The number of aryl methyl sites for hydroxylation is 1. The van der Waals surface area contributed by atoms with Crippen LogP contribution < -0.4 is 0 Å². The predicted octanol–water partition coefficient (Wildman–Crippen LogP) is 2.35. The number of rotatable bonds is 2. The number of hydrogen-bond acceptors (Lipinski definition) is 3. The first-order valence-corrected chi connectivity index (χ1v) is 3.98. The number of phenols is 1. The van der Waals surface area contributed by atoms with E-state index < -0.39 is 0 Å². The molecule has 0 radical (unpaired) electrons. The first kappa shape index (κ1) is 8.43. The van der Waals surface area contributed by atoms with Crippen LogP contribution in [0.2, 0.25) is 0 Å². The lowest BCUT2D eigenvalue weighted by molar-refractivity contribution is 0.470. The standard InChI is InChI=1S/C8H10O2S/c1-6-5-7(11-10-2)3-4-8(6)9/h3-5,9H,1-2H3. The van der Waals surface area contributed by atoms with Crippen molar-refractivity contribution < 1.29 is 9.29 Å². The minimum absolute atomic E-state index is 0.324. The molecule has 11 heavy (non-hydrogen) atoms. The molecule has 0 fully saturated rings. The van der Waals surface area contributed by atoms with Crippen molar-refractivity contribution in [3.05, 3.63) is 23.8 Å². The average Bonchev–Trinajstić information content (AvgIpc) is 1.98. The molecule has 0 spiro atoms. The smallest absolute Gasteiger partial charge is 0.118 e. The quantitative estimate of drug-likeness (QED) is 0.691. The highest BCUT2D eigenvalue weighted by Crippen LogP contribution is 2.24. The summed E-state index contributed by atoms with van der Waals surface area (Å²) in [4.78, 5) is 1.00. The molecule has 3 heteroatoms. The fourth-order valence-corrected chi connectivity index (χ4v) is 1.32. The van der Waals surface area contributed by atoms with Crippen molar-refractivity contribution >= 4 is 12.0 Å². The van der Waals surface area contributed by atoms with Gasteiger partial charge in [0.15, 0.2) is 0 Å². The third-order valence-electron chi connectivity index (χ3n) is 1.35. The topological polar surface area (TPSA) is 29.5 Å². The second-order valence-electron chi connectivity index (χ2n) is 2.20. The summed E-state index contributed by atoms with van der Waals surface area (Å²) in [7, 11) is 1.62. The molecular formula is C8H10O2S. The molecular weight excluding hydrogens is 160 g/mol. The van der Waals surface area contributed by atoms with Gasteiger partial charge in [-0.05, 0) is 30.7 Å². The van der Waals surface area contributed by atoms with Crippen molar-refractivity contribution in [1.29, 1.82) is 0 Å². The van der Waals surface area contributed by atoms with Gasteiger partial charge in [-0.3, -0.25) is 0 Å². The zero-order chi connectivity index (χ0) is 8.27. The van der Waals surface area contributed by atoms with Crippen molar-refractivity contribution in [2.75, 3.05) is 7.11 Å². The molecule has 0 aliphatic rings. The Hall–Kier alpha value is -0.670. The molecule has 0 saturated heterocycles. The zero-order valence-corrected chi connectivity index (χ0v) is 7.31. The SMILES string of the molecule is COSc1ccc(O)c(C)c1. The van der Waals surface area contributed by atoms with Crippen LogP contribution in [0.5, 0.6) is 5.75 Å². The van der Waals surface area contributed by atoms with Gasteiger partial charge in [-0.25, -0.2) is 0 Å². The molecule has 2 nitrogen and oxygen atoms in total. The molecule has 1 N–H and O–H groups in total. The molecule has 60 valence electrons. The number of phenolic OH excluding ortho intramolecular Hbond substituents is 1. The molecule has 1 rings (SSSR count).